The lowest BCUT2D eigenvalue weighted by Crippen LogP contribution is -2.29. The van der Waals surface area contributed by atoms with Crippen LogP contribution in [0.4, 0.5) is 5.69 Å². The zero-order chi connectivity index (χ0) is 15.6. The summed E-state index contributed by atoms with van der Waals surface area (Å²) >= 11 is 0. The molecule has 0 unspecified atom stereocenters. The summed E-state index contributed by atoms with van der Waals surface area (Å²) in [5, 5.41) is 1.33. The number of nitrogens with zero attached hydrogens (tertiary/aromatic N) is 1. The molecular weight excluding hydrogens is 316 g/mol. The zero-order valence-electron chi connectivity index (χ0n) is 14.0. The summed E-state index contributed by atoms with van der Waals surface area (Å²) in [6.45, 7) is 4.31. The molecule has 1 N–H and O–H groups in total. The third kappa shape index (κ3) is 2.94. The van der Waals surface area contributed by atoms with Crippen molar-refractivity contribution in [2.45, 2.75) is 19.8 Å². The first kappa shape index (κ1) is 16.7. The quantitative estimate of drug-likeness (QED) is 0.673. The van der Waals surface area contributed by atoms with E-state index >= 15 is 0 Å². The van der Waals surface area contributed by atoms with Gasteiger partial charge in [-0.1, -0.05) is 49.4 Å². The van der Waals surface area contributed by atoms with Crippen LogP contribution in [0, 0.1) is 0 Å². The summed E-state index contributed by atoms with van der Waals surface area (Å²) in [4.78, 5) is 5.89. The highest BCUT2D eigenvalue weighted by molar-refractivity contribution is 5.93. The number of halogens is 1. The standard InChI is InChI=1S/C21H22N2.ClH/c1-2-16-7-3-6-10-21(16)23-13-11-17(12-14-23)19-15-22-20-9-5-4-8-18(19)20;/h3-11,15,22H,2,12-14H2,1H3;1H. The van der Waals surface area contributed by atoms with Crippen LogP contribution < -0.4 is 4.90 Å². The first-order valence-corrected chi connectivity index (χ1v) is 8.45. The van der Waals surface area contributed by atoms with Crippen LogP contribution in [0.15, 0.2) is 60.8 Å². The monoisotopic (exact) mass is 338 g/mol. The number of aromatic nitrogens is 1. The average Bonchev–Trinajstić information content (AvgIpc) is 3.06. The third-order valence-corrected chi connectivity index (χ3v) is 4.86. The molecule has 1 aromatic heterocycles. The second kappa shape index (κ2) is 7.14. The van der Waals surface area contributed by atoms with Crippen molar-refractivity contribution in [3.8, 4) is 0 Å². The van der Waals surface area contributed by atoms with Gasteiger partial charge in [0.05, 0.1) is 0 Å². The minimum Gasteiger partial charge on any atom is -0.367 e. The minimum absolute atomic E-state index is 0. The molecule has 1 aliphatic rings. The second-order valence-electron chi connectivity index (χ2n) is 6.16. The van der Waals surface area contributed by atoms with E-state index in [1.54, 1.807) is 0 Å². The van der Waals surface area contributed by atoms with Gasteiger partial charge in [-0.25, -0.2) is 0 Å². The Morgan fingerprint density at radius 3 is 2.62 bits per heavy atom. The summed E-state index contributed by atoms with van der Waals surface area (Å²) in [6.07, 6.45) is 6.74. The maximum atomic E-state index is 3.39. The molecular formula is C21H23ClN2. The van der Waals surface area contributed by atoms with Crippen molar-refractivity contribution in [1.82, 2.24) is 4.98 Å². The van der Waals surface area contributed by atoms with Gasteiger partial charge in [0.25, 0.3) is 0 Å². The Kier molecular flexibility index (Phi) is 4.96. The number of fused-ring (bicyclic) bond motifs is 1. The molecule has 24 heavy (non-hydrogen) atoms. The van der Waals surface area contributed by atoms with Crippen molar-refractivity contribution < 1.29 is 0 Å². The zero-order valence-corrected chi connectivity index (χ0v) is 14.8. The van der Waals surface area contributed by atoms with Gasteiger partial charge in [0.15, 0.2) is 0 Å². The number of nitrogens with one attached hydrogen (secondary N) is 1. The number of rotatable bonds is 3. The first-order valence-electron chi connectivity index (χ1n) is 8.45. The lowest BCUT2D eigenvalue weighted by Gasteiger charge is -2.30. The van der Waals surface area contributed by atoms with Gasteiger partial charge in [-0.15, -0.1) is 12.4 Å². The molecule has 2 nitrogen and oxygen atoms in total. The van der Waals surface area contributed by atoms with E-state index in [1.165, 1.54) is 33.3 Å². The first-order chi connectivity index (χ1) is 11.4. The number of aromatic amines is 1. The Morgan fingerprint density at radius 2 is 1.83 bits per heavy atom. The number of benzene rings is 2. The van der Waals surface area contributed by atoms with E-state index in [0.29, 0.717) is 0 Å². The van der Waals surface area contributed by atoms with Gasteiger partial charge in [0.1, 0.15) is 0 Å². The van der Waals surface area contributed by atoms with Crippen molar-refractivity contribution in [1.29, 1.82) is 0 Å². The predicted octanol–water partition coefficient (Wildman–Crippen LogP) is 5.45. The maximum absolute atomic E-state index is 3.39. The molecule has 0 atom stereocenters. The Balaban J connectivity index is 0.00000169. The molecule has 0 saturated heterocycles. The summed E-state index contributed by atoms with van der Waals surface area (Å²) in [5.41, 5.74) is 6.89. The maximum Gasteiger partial charge on any atom is 0.0460 e. The van der Waals surface area contributed by atoms with Crippen LogP contribution in [-0.4, -0.2) is 18.1 Å². The van der Waals surface area contributed by atoms with E-state index in [4.69, 9.17) is 0 Å². The van der Waals surface area contributed by atoms with E-state index in [1.807, 2.05) is 0 Å². The van der Waals surface area contributed by atoms with Gasteiger partial charge in [-0.3, -0.25) is 0 Å². The van der Waals surface area contributed by atoms with Crippen LogP contribution in [-0.2, 0) is 6.42 Å². The number of hydrogen-bond donors (Lipinski definition) is 1. The summed E-state index contributed by atoms with van der Waals surface area (Å²) < 4.78 is 0. The van der Waals surface area contributed by atoms with E-state index < -0.39 is 0 Å². The fraction of sp³-hybridized carbons (Fsp3) is 0.238. The number of H-pyrrole nitrogens is 1. The van der Waals surface area contributed by atoms with Crippen LogP contribution in [0.3, 0.4) is 0 Å². The SMILES string of the molecule is CCc1ccccc1N1CC=C(c2c[nH]c3ccccc23)CC1.Cl. The fourth-order valence-electron chi connectivity index (χ4n) is 3.59. The fourth-order valence-corrected chi connectivity index (χ4v) is 3.59. The van der Waals surface area contributed by atoms with Gasteiger partial charge in [0.2, 0.25) is 0 Å². The van der Waals surface area contributed by atoms with Crippen molar-refractivity contribution >= 4 is 34.6 Å². The number of aryl methyl sites for hydroxylation is 1. The summed E-state index contributed by atoms with van der Waals surface area (Å²) in [5.74, 6) is 0. The van der Waals surface area contributed by atoms with E-state index in [2.05, 4.69) is 77.6 Å². The van der Waals surface area contributed by atoms with Crippen LogP contribution in [0.1, 0.15) is 24.5 Å². The van der Waals surface area contributed by atoms with E-state index in [-0.39, 0.29) is 12.4 Å². The molecule has 0 bridgehead atoms. The van der Waals surface area contributed by atoms with Crippen LogP contribution in [0.25, 0.3) is 16.5 Å². The molecule has 0 spiro atoms. The van der Waals surface area contributed by atoms with Crippen molar-refractivity contribution in [3.05, 3.63) is 71.9 Å². The Bertz CT molecular complexity index is 863. The average molecular weight is 339 g/mol. The molecule has 0 saturated carbocycles. The second-order valence-corrected chi connectivity index (χ2v) is 6.16. The van der Waals surface area contributed by atoms with Gasteiger partial charge in [-0.2, -0.15) is 0 Å². The molecule has 2 aromatic carbocycles. The highest BCUT2D eigenvalue weighted by Crippen LogP contribution is 2.31. The molecule has 0 fully saturated rings. The molecule has 3 heteroatoms. The molecule has 0 amide bonds. The smallest absolute Gasteiger partial charge is 0.0460 e. The molecule has 0 aliphatic carbocycles. The van der Waals surface area contributed by atoms with E-state index in [0.717, 1.165) is 25.9 Å². The van der Waals surface area contributed by atoms with Gasteiger partial charge < -0.3 is 9.88 Å². The Hall–Kier alpha value is -2.19. The van der Waals surface area contributed by atoms with Crippen molar-refractivity contribution in [2.24, 2.45) is 0 Å². The van der Waals surface area contributed by atoms with E-state index in [9.17, 15) is 0 Å². The van der Waals surface area contributed by atoms with Gasteiger partial charge in [0, 0.05) is 41.4 Å². The number of para-hydroxylation sites is 2. The van der Waals surface area contributed by atoms with Crippen molar-refractivity contribution in [2.75, 3.05) is 18.0 Å². The Labute approximate surface area is 149 Å². The highest BCUT2D eigenvalue weighted by atomic mass is 35.5. The summed E-state index contributed by atoms with van der Waals surface area (Å²) in [7, 11) is 0. The minimum atomic E-state index is 0. The molecule has 124 valence electrons. The normalized spacial score (nSPS) is 14.4. The Morgan fingerprint density at radius 1 is 1.04 bits per heavy atom. The lowest BCUT2D eigenvalue weighted by atomic mass is 9.98. The topological polar surface area (TPSA) is 19.0 Å². The van der Waals surface area contributed by atoms with Gasteiger partial charge in [-0.05, 0) is 36.1 Å². The van der Waals surface area contributed by atoms with Crippen molar-refractivity contribution in [3.63, 3.8) is 0 Å². The molecule has 1 aliphatic heterocycles. The summed E-state index contributed by atoms with van der Waals surface area (Å²) in [6, 6.07) is 17.3. The predicted molar refractivity (Wildman–Crippen MR) is 106 cm³/mol. The lowest BCUT2D eigenvalue weighted by molar-refractivity contribution is 0.825. The highest BCUT2D eigenvalue weighted by Gasteiger charge is 2.17. The van der Waals surface area contributed by atoms with Crippen LogP contribution >= 0.6 is 12.4 Å². The molecule has 3 aromatic rings. The molecule has 2 heterocycles. The largest absolute Gasteiger partial charge is 0.367 e. The van der Waals surface area contributed by atoms with Gasteiger partial charge >= 0.3 is 0 Å². The molecule has 0 radical (unpaired) electrons. The number of hydrogen-bond acceptors (Lipinski definition) is 1. The third-order valence-electron chi connectivity index (χ3n) is 4.86. The molecule has 4 rings (SSSR count). The van der Waals surface area contributed by atoms with Crippen LogP contribution in [0.2, 0.25) is 0 Å². The number of anilines is 1. The van der Waals surface area contributed by atoms with Crippen LogP contribution in [0.5, 0.6) is 0 Å².